The number of nitrogens with zero attached hydrogens (tertiary/aromatic N) is 2. The molecule has 0 fully saturated rings. The number of amides is 1. The number of ether oxygens (including phenoxy) is 1. The number of rotatable bonds is 8. The SMILES string of the molecule is COc1ccccc1CN(C)C(=O)CN(c1cc(C)cc(C)c1)S(=O)(=O)c1ccccc1. The number of benzene rings is 3. The Morgan fingerprint density at radius 1 is 0.906 bits per heavy atom. The highest BCUT2D eigenvalue weighted by Gasteiger charge is 2.28. The Morgan fingerprint density at radius 3 is 2.12 bits per heavy atom. The summed E-state index contributed by atoms with van der Waals surface area (Å²) in [6.07, 6.45) is 0. The van der Waals surface area contributed by atoms with Crippen LogP contribution in [0, 0.1) is 13.8 Å². The number of methoxy groups -OCH3 is 1. The number of para-hydroxylation sites is 1. The van der Waals surface area contributed by atoms with Crippen molar-refractivity contribution in [3.63, 3.8) is 0 Å². The van der Waals surface area contributed by atoms with E-state index in [1.54, 1.807) is 44.5 Å². The maximum atomic E-state index is 13.5. The first kappa shape index (κ1) is 23.3. The van der Waals surface area contributed by atoms with E-state index in [1.807, 2.05) is 44.2 Å². The molecule has 0 aromatic heterocycles. The number of likely N-dealkylation sites (N-methyl/N-ethyl adjacent to an activating group) is 1. The number of sulfonamides is 1. The quantitative estimate of drug-likeness (QED) is 0.515. The van der Waals surface area contributed by atoms with Gasteiger partial charge in [0.25, 0.3) is 10.0 Å². The Bertz CT molecular complexity index is 1170. The standard InChI is InChI=1S/C25H28N2O4S/c1-19-14-20(2)16-22(15-19)27(32(29,30)23-11-6-5-7-12-23)18-25(28)26(3)17-21-10-8-9-13-24(21)31-4/h5-16H,17-18H2,1-4H3. The summed E-state index contributed by atoms with van der Waals surface area (Å²) in [6.45, 7) is 3.79. The molecule has 0 aliphatic rings. The summed E-state index contributed by atoms with van der Waals surface area (Å²) in [6, 6.07) is 21.1. The van der Waals surface area contributed by atoms with Crippen molar-refractivity contribution in [3.8, 4) is 5.75 Å². The van der Waals surface area contributed by atoms with Gasteiger partial charge in [-0.1, -0.05) is 42.5 Å². The predicted molar refractivity (Wildman–Crippen MR) is 126 cm³/mol. The first-order chi connectivity index (χ1) is 15.2. The van der Waals surface area contributed by atoms with Gasteiger partial charge in [-0.25, -0.2) is 8.42 Å². The Balaban J connectivity index is 1.94. The van der Waals surface area contributed by atoms with Gasteiger partial charge in [-0.05, 0) is 55.3 Å². The average Bonchev–Trinajstić information content (AvgIpc) is 2.77. The number of aryl methyl sites for hydroxylation is 2. The molecule has 0 heterocycles. The van der Waals surface area contributed by atoms with E-state index in [0.29, 0.717) is 18.0 Å². The summed E-state index contributed by atoms with van der Waals surface area (Å²) in [5.74, 6) is 0.352. The number of hydrogen-bond donors (Lipinski definition) is 0. The molecular formula is C25H28N2O4S. The summed E-state index contributed by atoms with van der Waals surface area (Å²) in [5, 5.41) is 0. The van der Waals surface area contributed by atoms with Crippen molar-refractivity contribution in [1.82, 2.24) is 4.90 Å². The van der Waals surface area contributed by atoms with Crippen molar-refractivity contribution < 1.29 is 17.9 Å². The van der Waals surface area contributed by atoms with Gasteiger partial charge in [0, 0.05) is 19.2 Å². The van der Waals surface area contributed by atoms with E-state index in [0.717, 1.165) is 16.7 Å². The monoisotopic (exact) mass is 452 g/mol. The molecule has 0 atom stereocenters. The third kappa shape index (κ3) is 5.29. The Kier molecular flexibility index (Phi) is 7.20. The van der Waals surface area contributed by atoms with Gasteiger partial charge in [-0.3, -0.25) is 9.10 Å². The van der Waals surface area contributed by atoms with Crippen molar-refractivity contribution in [3.05, 3.63) is 89.5 Å². The zero-order valence-electron chi connectivity index (χ0n) is 18.8. The fraction of sp³-hybridized carbons (Fsp3) is 0.240. The average molecular weight is 453 g/mol. The minimum Gasteiger partial charge on any atom is -0.496 e. The largest absolute Gasteiger partial charge is 0.496 e. The van der Waals surface area contributed by atoms with E-state index in [1.165, 1.54) is 21.3 Å². The Labute approximate surface area is 190 Å². The molecule has 0 N–H and O–H groups in total. The molecule has 7 heteroatoms. The van der Waals surface area contributed by atoms with Gasteiger partial charge in [-0.15, -0.1) is 0 Å². The maximum absolute atomic E-state index is 13.5. The molecule has 6 nitrogen and oxygen atoms in total. The smallest absolute Gasteiger partial charge is 0.264 e. The molecule has 0 aliphatic heterocycles. The summed E-state index contributed by atoms with van der Waals surface area (Å²) >= 11 is 0. The molecule has 3 rings (SSSR count). The second kappa shape index (κ2) is 9.87. The lowest BCUT2D eigenvalue weighted by atomic mass is 10.1. The van der Waals surface area contributed by atoms with Crippen molar-refractivity contribution in [1.29, 1.82) is 0 Å². The normalized spacial score (nSPS) is 11.1. The number of carbonyl (C=O) groups is 1. The Hall–Kier alpha value is -3.32. The highest BCUT2D eigenvalue weighted by Crippen LogP contribution is 2.26. The van der Waals surface area contributed by atoms with Crippen LogP contribution in [0.25, 0.3) is 0 Å². The van der Waals surface area contributed by atoms with E-state index in [-0.39, 0.29) is 17.3 Å². The molecular weight excluding hydrogens is 424 g/mol. The van der Waals surface area contributed by atoms with Crippen LogP contribution >= 0.6 is 0 Å². The second-order valence-corrected chi connectivity index (χ2v) is 9.59. The summed E-state index contributed by atoms with van der Waals surface area (Å²) in [7, 11) is -0.706. The molecule has 32 heavy (non-hydrogen) atoms. The maximum Gasteiger partial charge on any atom is 0.264 e. The zero-order chi connectivity index (χ0) is 23.3. The van der Waals surface area contributed by atoms with Crippen LogP contribution in [0.2, 0.25) is 0 Å². The van der Waals surface area contributed by atoms with Crippen LogP contribution in [0.5, 0.6) is 5.75 Å². The summed E-state index contributed by atoms with van der Waals surface area (Å²) in [4.78, 5) is 14.8. The molecule has 0 spiro atoms. The van der Waals surface area contributed by atoms with Crippen molar-refractivity contribution in [2.24, 2.45) is 0 Å². The zero-order valence-corrected chi connectivity index (χ0v) is 19.6. The molecule has 1 amide bonds. The minimum absolute atomic E-state index is 0.138. The van der Waals surface area contributed by atoms with Gasteiger partial charge >= 0.3 is 0 Å². The highest BCUT2D eigenvalue weighted by atomic mass is 32.2. The minimum atomic E-state index is -3.94. The second-order valence-electron chi connectivity index (χ2n) is 7.73. The van der Waals surface area contributed by atoms with Gasteiger partial charge in [0.2, 0.25) is 5.91 Å². The van der Waals surface area contributed by atoms with E-state index >= 15 is 0 Å². The molecule has 0 bridgehead atoms. The van der Waals surface area contributed by atoms with Gasteiger partial charge < -0.3 is 9.64 Å². The Morgan fingerprint density at radius 2 is 1.50 bits per heavy atom. The summed E-state index contributed by atoms with van der Waals surface area (Å²) < 4.78 is 33.6. The fourth-order valence-corrected chi connectivity index (χ4v) is 4.97. The predicted octanol–water partition coefficient (Wildman–Crippen LogP) is 4.17. The number of hydrogen-bond acceptors (Lipinski definition) is 4. The van der Waals surface area contributed by atoms with Crippen LogP contribution in [0.4, 0.5) is 5.69 Å². The van der Waals surface area contributed by atoms with Gasteiger partial charge in [0.15, 0.2) is 0 Å². The lowest BCUT2D eigenvalue weighted by Gasteiger charge is -2.27. The lowest BCUT2D eigenvalue weighted by Crippen LogP contribution is -2.41. The molecule has 0 radical (unpaired) electrons. The number of carbonyl (C=O) groups excluding carboxylic acids is 1. The number of anilines is 1. The third-order valence-corrected chi connectivity index (χ3v) is 6.92. The van der Waals surface area contributed by atoms with Crippen LogP contribution in [0.3, 0.4) is 0 Å². The summed E-state index contributed by atoms with van der Waals surface area (Å²) in [5.41, 5.74) is 3.14. The van der Waals surface area contributed by atoms with Crippen molar-refractivity contribution >= 4 is 21.6 Å². The van der Waals surface area contributed by atoms with E-state index in [4.69, 9.17) is 4.74 Å². The molecule has 3 aromatic rings. The lowest BCUT2D eigenvalue weighted by molar-refractivity contribution is -0.128. The molecule has 0 saturated heterocycles. The van der Waals surface area contributed by atoms with Crippen LogP contribution in [-0.4, -0.2) is 39.9 Å². The van der Waals surface area contributed by atoms with Crippen LogP contribution in [0.15, 0.2) is 77.7 Å². The van der Waals surface area contributed by atoms with E-state index < -0.39 is 10.0 Å². The molecule has 0 saturated carbocycles. The first-order valence-corrected chi connectivity index (χ1v) is 11.7. The van der Waals surface area contributed by atoms with Gasteiger partial charge in [0.1, 0.15) is 12.3 Å². The molecule has 0 unspecified atom stereocenters. The third-order valence-electron chi connectivity index (χ3n) is 5.13. The highest BCUT2D eigenvalue weighted by molar-refractivity contribution is 7.92. The van der Waals surface area contributed by atoms with E-state index in [9.17, 15) is 13.2 Å². The first-order valence-electron chi connectivity index (χ1n) is 10.2. The van der Waals surface area contributed by atoms with Crippen molar-refractivity contribution in [2.75, 3.05) is 25.0 Å². The van der Waals surface area contributed by atoms with Gasteiger partial charge in [0.05, 0.1) is 17.7 Å². The van der Waals surface area contributed by atoms with Crippen LogP contribution < -0.4 is 9.04 Å². The van der Waals surface area contributed by atoms with Crippen molar-refractivity contribution in [2.45, 2.75) is 25.3 Å². The van der Waals surface area contributed by atoms with Gasteiger partial charge in [-0.2, -0.15) is 0 Å². The fourth-order valence-electron chi connectivity index (χ4n) is 3.55. The molecule has 168 valence electrons. The molecule has 0 aliphatic carbocycles. The van der Waals surface area contributed by atoms with Crippen LogP contribution in [-0.2, 0) is 21.4 Å². The topological polar surface area (TPSA) is 66.9 Å². The van der Waals surface area contributed by atoms with Crippen LogP contribution in [0.1, 0.15) is 16.7 Å². The molecule has 3 aromatic carbocycles. The van der Waals surface area contributed by atoms with E-state index in [2.05, 4.69) is 0 Å².